The number of fused-ring (bicyclic) bond motifs is 1. The number of carbonyl (C=O) groups is 3. The average Bonchev–Trinajstić information content (AvgIpc) is 3.37. The second-order valence-electron chi connectivity index (χ2n) is 7.36. The second-order valence-corrected chi connectivity index (χ2v) is 7.36. The van der Waals surface area contributed by atoms with E-state index >= 15 is 0 Å². The van der Waals surface area contributed by atoms with Gasteiger partial charge in [0.05, 0.1) is 34.1 Å². The number of carbonyl (C=O) groups excluding carboxylic acids is 3. The van der Waals surface area contributed by atoms with Crippen LogP contribution < -0.4 is 29.2 Å². The summed E-state index contributed by atoms with van der Waals surface area (Å²) in [5, 5.41) is 11.8. The number of methoxy groups -OCH3 is 4. The van der Waals surface area contributed by atoms with Crippen LogP contribution in [0.15, 0.2) is 46.7 Å². The van der Waals surface area contributed by atoms with Crippen LogP contribution in [0, 0.1) is 0 Å². The van der Waals surface area contributed by atoms with Gasteiger partial charge in [-0.3, -0.25) is 19.4 Å². The standard InChI is InChI=1S/C22H23N5O7/c1-31-14-7-5-12(9-16(14)33-3)23-18(28)11-26-20-19(24-25-26)21(29)27(22(20)30)13-6-8-15(32-2)17(10-13)34-4/h5-10,19-20H,11H2,1-4H3,(H,23,28)/t19-,20-/m0/s1. The van der Waals surface area contributed by atoms with Gasteiger partial charge in [0.1, 0.15) is 6.54 Å². The summed E-state index contributed by atoms with van der Waals surface area (Å²) >= 11 is 0. The van der Waals surface area contributed by atoms with Gasteiger partial charge in [-0.05, 0) is 24.3 Å². The molecular formula is C22H23N5O7. The van der Waals surface area contributed by atoms with E-state index in [1.165, 1.54) is 39.5 Å². The number of anilines is 2. The molecule has 2 aromatic rings. The van der Waals surface area contributed by atoms with E-state index in [0.717, 1.165) is 4.90 Å². The van der Waals surface area contributed by atoms with Crippen molar-refractivity contribution >= 4 is 29.1 Å². The Hall–Kier alpha value is -4.35. The van der Waals surface area contributed by atoms with Gasteiger partial charge in [-0.25, -0.2) is 4.90 Å². The van der Waals surface area contributed by atoms with Crippen molar-refractivity contribution in [2.24, 2.45) is 10.3 Å². The van der Waals surface area contributed by atoms with Crippen molar-refractivity contribution in [1.29, 1.82) is 0 Å². The number of amides is 3. The molecule has 12 heteroatoms. The highest BCUT2D eigenvalue weighted by atomic mass is 16.5. The highest BCUT2D eigenvalue weighted by Crippen LogP contribution is 2.36. The molecule has 2 aliphatic rings. The molecule has 2 aliphatic heterocycles. The Balaban J connectivity index is 1.49. The van der Waals surface area contributed by atoms with E-state index in [4.69, 9.17) is 18.9 Å². The normalized spacial score (nSPS) is 18.7. The van der Waals surface area contributed by atoms with Crippen LogP contribution in [0.4, 0.5) is 11.4 Å². The van der Waals surface area contributed by atoms with Crippen molar-refractivity contribution in [1.82, 2.24) is 5.01 Å². The first kappa shape index (κ1) is 22.8. The zero-order valence-corrected chi connectivity index (χ0v) is 19.0. The summed E-state index contributed by atoms with van der Waals surface area (Å²) in [5.74, 6) is 0.269. The molecule has 0 aliphatic carbocycles. The average molecular weight is 469 g/mol. The maximum atomic E-state index is 13.2. The van der Waals surface area contributed by atoms with Crippen molar-refractivity contribution in [3.05, 3.63) is 36.4 Å². The Labute approximate surface area is 195 Å². The third-order valence-corrected chi connectivity index (χ3v) is 5.46. The monoisotopic (exact) mass is 469 g/mol. The molecule has 4 rings (SSSR count). The summed E-state index contributed by atoms with van der Waals surface area (Å²) in [6.45, 7) is -0.280. The van der Waals surface area contributed by atoms with Gasteiger partial charge in [0, 0.05) is 17.8 Å². The van der Waals surface area contributed by atoms with E-state index in [2.05, 4.69) is 15.7 Å². The lowest BCUT2D eigenvalue weighted by Crippen LogP contribution is -2.43. The number of imide groups is 1. The van der Waals surface area contributed by atoms with E-state index in [9.17, 15) is 14.4 Å². The molecule has 0 saturated carbocycles. The molecule has 2 atom stereocenters. The Bertz CT molecular complexity index is 1170. The molecule has 12 nitrogen and oxygen atoms in total. The molecule has 178 valence electrons. The predicted octanol–water partition coefficient (Wildman–Crippen LogP) is 1.65. The van der Waals surface area contributed by atoms with Crippen LogP contribution in [0.1, 0.15) is 0 Å². The van der Waals surface area contributed by atoms with Gasteiger partial charge in [-0.2, -0.15) is 5.11 Å². The highest BCUT2D eigenvalue weighted by Gasteiger charge is 2.55. The maximum Gasteiger partial charge on any atom is 0.263 e. The molecule has 1 N–H and O–H groups in total. The Morgan fingerprint density at radius 1 is 0.882 bits per heavy atom. The molecule has 2 heterocycles. The number of rotatable bonds is 8. The summed E-state index contributed by atoms with van der Waals surface area (Å²) in [5.41, 5.74) is 0.781. The lowest BCUT2D eigenvalue weighted by atomic mass is 10.1. The molecule has 1 saturated heterocycles. The third kappa shape index (κ3) is 3.93. The Morgan fingerprint density at radius 2 is 1.50 bits per heavy atom. The van der Waals surface area contributed by atoms with Crippen LogP contribution in [0.25, 0.3) is 0 Å². The number of benzene rings is 2. The second kappa shape index (κ2) is 9.25. The van der Waals surface area contributed by atoms with Crippen LogP contribution in [0.5, 0.6) is 23.0 Å². The number of nitrogens with one attached hydrogen (secondary N) is 1. The summed E-state index contributed by atoms with van der Waals surface area (Å²) in [7, 11) is 5.94. The van der Waals surface area contributed by atoms with Crippen molar-refractivity contribution < 1.29 is 33.3 Å². The minimum absolute atomic E-state index is 0.280. The SMILES string of the molecule is COc1ccc(NC(=O)CN2N=N[C@@H]3C(=O)N(c4ccc(OC)c(OC)c4)C(=O)[C@H]32)cc1OC. The van der Waals surface area contributed by atoms with E-state index in [0.29, 0.717) is 34.4 Å². The molecule has 1 fully saturated rings. The van der Waals surface area contributed by atoms with E-state index in [1.54, 1.807) is 30.3 Å². The zero-order chi connectivity index (χ0) is 24.4. The first-order chi connectivity index (χ1) is 16.4. The van der Waals surface area contributed by atoms with E-state index in [1.807, 2.05) is 0 Å². The molecule has 0 aromatic heterocycles. The quantitative estimate of drug-likeness (QED) is 0.578. The third-order valence-electron chi connectivity index (χ3n) is 5.46. The molecule has 0 spiro atoms. The van der Waals surface area contributed by atoms with Crippen molar-refractivity contribution in [2.75, 3.05) is 45.2 Å². The molecular weight excluding hydrogens is 446 g/mol. The number of nitrogens with zero attached hydrogens (tertiary/aromatic N) is 4. The van der Waals surface area contributed by atoms with Crippen molar-refractivity contribution in [2.45, 2.75) is 12.1 Å². The summed E-state index contributed by atoms with van der Waals surface area (Å²) in [4.78, 5) is 39.8. The first-order valence-corrected chi connectivity index (χ1v) is 10.2. The summed E-state index contributed by atoms with van der Waals surface area (Å²) < 4.78 is 20.9. The Kier molecular flexibility index (Phi) is 6.21. The Morgan fingerprint density at radius 3 is 2.15 bits per heavy atom. The van der Waals surface area contributed by atoms with E-state index in [-0.39, 0.29) is 6.54 Å². The summed E-state index contributed by atoms with van der Waals surface area (Å²) in [6.07, 6.45) is 0. The lowest BCUT2D eigenvalue weighted by Gasteiger charge is -2.21. The number of ether oxygens (including phenoxy) is 4. The smallest absolute Gasteiger partial charge is 0.263 e. The van der Waals surface area contributed by atoms with Crippen LogP contribution in [-0.2, 0) is 14.4 Å². The van der Waals surface area contributed by atoms with Crippen LogP contribution >= 0.6 is 0 Å². The van der Waals surface area contributed by atoms with Crippen molar-refractivity contribution in [3.63, 3.8) is 0 Å². The number of hydrogen-bond donors (Lipinski definition) is 1. The molecule has 3 amide bonds. The highest BCUT2D eigenvalue weighted by molar-refractivity contribution is 6.25. The zero-order valence-electron chi connectivity index (χ0n) is 19.0. The van der Waals surface area contributed by atoms with Gasteiger partial charge in [-0.15, -0.1) is 0 Å². The minimum Gasteiger partial charge on any atom is -0.493 e. The van der Waals surface area contributed by atoms with Gasteiger partial charge in [0.2, 0.25) is 5.91 Å². The van der Waals surface area contributed by atoms with Gasteiger partial charge >= 0.3 is 0 Å². The van der Waals surface area contributed by atoms with Gasteiger partial charge in [-0.1, -0.05) is 5.22 Å². The van der Waals surface area contributed by atoms with Crippen LogP contribution in [0.3, 0.4) is 0 Å². The van der Waals surface area contributed by atoms with Crippen LogP contribution in [-0.4, -0.2) is 69.8 Å². The fourth-order valence-electron chi connectivity index (χ4n) is 3.83. The van der Waals surface area contributed by atoms with Gasteiger partial charge in [0.25, 0.3) is 11.8 Å². The topological polar surface area (TPSA) is 131 Å². The first-order valence-electron chi connectivity index (χ1n) is 10.2. The molecule has 0 radical (unpaired) electrons. The van der Waals surface area contributed by atoms with Gasteiger partial charge in [0.15, 0.2) is 35.1 Å². The molecule has 0 bridgehead atoms. The fourth-order valence-corrected chi connectivity index (χ4v) is 3.83. The molecule has 34 heavy (non-hydrogen) atoms. The largest absolute Gasteiger partial charge is 0.493 e. The molecule has 2 aromatic carbocycles. The fraction of sp³-hybridized carbons (Fsp3) is 0.318. The van der Waals surface area contributed by atoms with Crippen LogP contribution in [0.2, 0.25) is 0 Å². The summed E-state index contributed by atoms with van der Waals surface area (Å²) in [6, 6.07) is 7.56. The van der Waals surface area contributed by atoms with Gasteiger partial charge < -0.3 is 24.3 Å². The molecule has 0 unspecified atom stereocenters. The minimum atomic E-state index is -1.03. The number of hydrogen-bond acceptors (Lipinski definition) is 10. The van der Waals surface area contributed by atoms with E-state index < -0.39 is 29.8 Å². The maximum absolute atomic E-state index is 13.2. The predicted molar refractivity (Wildman–Crippen MR) is 119 cm³/mol. The van der Waals surface area contributed by atoms with Crippen molar-refractivity contribution in [3.8, 4) is 23.0 Å². The lowest BCUT2D eigenvalue weighted by molar-refractivity contribution is -0.123.